The molecule has 1 N–H and O–H groups in total. The first-order chi connectivity index (χ1) is 17.7. The van der Waals surface area contributed by atoms with E-state index in [2.05, 4.69) is 19.9 Å². The van der Waals surface area contributed by atoms with Crippen LogP contribution in [0.25, 0.3) is 0 Å². The smallest absolute Gasteiger partial charge is 0.331 e. The summed E-state index contributed by atoms with van der Waals surface area (Å²) >= 11 is 0. The SMILES string of the molecule is CO[C@@H]1C[C@H](O[C@H]2CC[C@@]3(C)[C@H](CC[C@@]45O[C@@]46CC=C(C4=CC(=O)OC4)[C@@]6(C)CC[C@H]35)C2)O[C@H](C)[C@@H]1O. The summed E-state index contributed by atoms with van der Waals surface area (Å²) in [7, 11) is 1.65. The average Bonchev–Trinajstić information content (AvgIpc) is 3.18. The molecule has 2 spiro atoms. The van der Waals surface area contributed by atoms with Crippen molar-refractivity contribution in [3.05, 3.63) is 23.3 Å². The molecule has 0 aromatic rings. The molecule has 0 radical (unpaired) electrons. The molecular weight excluding hydrogens is 472 g/mol. The van der Waals surface area contributed by atoms with E-state index in [-0.39, 0.29) is 52.6 Å². The number of methoxy groups -OCH3 is 1. The van der Waals surface area contributed by atoms with Crippen LogP contribution in [0.5, 0.6) is 0 Å². The molecule has 204 valence electrons. The summed E-state index contributed by atoms with van der Waals surface area (Å²) in [6.45, 7) is 7.21. The van der Waals surface area contributed by atoms with E-state index in [9.17, 15) is 9.90 Å². The minimum atomic E-state index is -0.611. The zero-order valence-corrected chi connectivity index (χ0v) is 22.7. The van der Waals surface area contributed by atoms with Crippen LogP contribution in [0.3, 0.4) is 0 Å². The molecule has 0 bridgehead atoms. The number of fused-ring (bicyclic) bond motifs is 2. The van der Waals surface area contributed by atoms with Crippen LogP contribution in [-0.4, -0.2) is 66.7 Å². The second-order valence-corrected chi connectivity index (χ2v) is 13.4. The van der Waals surface area contributed by atoms with E-state index in [1.165, 1.54) is 18.4 Å². The molecule has 4 aliphatic carbocycles. The first-order valence-electron chi connectivity index (χ1n) is 14.5. The standard InChI is InChI=1S/C30H42O7/c1-17-26(32)22(33-4)15-25(35-17)36-20-6-9-27(2)19(14-20)5-11-29-23(27)8-10-28(3)21(7-12-30(28,29)37-29)18-13-24(31)34-16-18/h7,13,17,19-20,22-23,25-26,32H,5-6,8-12,14-16H2,1-4H3/t17-,19-,20+,22-,23-,25+,26+,27+,28-,29+,30-/m1/s1. The van der Waals surface area contributed by atoms with Crippen LogP contribution in [0.4, 0.5) is 0 Å². The third kappa shape index (κ3) is 3.21. The highest BCUT2D eigenvalue weighted by atomic mass is 16.7. The van der Waals surface area contributed by atoms with Crippen molar-refractivity contribution in [3.8, 4) is 0 Å². The van der Waals surface area contributed by atoms with Gasteiger partial charge in [-0.05, 0) is 81.1 Å². The fourth-order valence-corrected chi connectivity index (χ4v) is 10.00. The first kappa shape index (κ1) is 24.8. The normalized spacial score (nSPS) is 54.3. The van der Waals surface area contributed by atoms with Gasteiger partial charge in [0.05, 0.1) is 18.3 Å². The lowest BCUT2D eigenvalue weighted by atomic mass is 9.44. The van der Waals surface area contributed by atoms with Gasteiger partial charge in [-0.2, -0.15) is 0 Å². The maximum atomic E-state index is 11.8. The number of rotatable bonds is 4. The molecule has 5 fully saturated rings. The van der Waals surface area contributed by atoms with Crippen molar-refractivity contribution in [3.63, 3.8) is 0 Å². The van der Waals surface area contributed by atoms with Crippen molar-refractivity contribution in [2.75, 3.05) is 13.7 Å². The third-order valence-electron chi connectivity index (χ3n) is 12.0. The Kier molecular flexibility index (Phi) is 5.45. The Morgan fingerprint density at radius 1 is 1.11 bits per heavy atom. The number of carbonyl (C=O) groups is 1. The molecule has 0 unspecified atom stereocenters. The van der Waals surface area contributed by atoms with Gasteiger partial charge in [-0.1, -0.05) is 19.9 Å². The van der Waals surface area contributed by atoms with Crippen LogP contribution in [0, 0.1) is 22.7 Å². The Hall–Kier alpha value is -1.25. The van der Waals surface area contributed by atoms with Gasteiger partial charge in [0.1, 0.15) is 23.9 Å². The number of epoxide rings is 1. The molecule has 7 heteroatoms. The number of hydrogen-bond acceptors (Lipinski definition) is 7. The number of aliphatic hydroxyl groups excluding tert-OH is 1. The summed E-state index contributed by atoms with van der Waals surface area (Å²) in [6.07, 6.45) is 12.1. The summed E-state index contributed by atoms with van der Waals surface area (Å²) in [5.41, 5.74) is 2.43. The Balaban J connectivity index is 1.06. The van der Waals surface area contributed by atoms with Crippen molar-refractivity contribution in [1.29, 1.82) is 0 Å². The second kappa shape index (κ2) is 8.14. The highest BCUT2D eigenvalue weighted by molar-refractivity contribution is 5.87. The van der Waals surface area contributed by atoms with Crippen molar-refractivity contribution < 1.29 is 33.6 Å². The summed E-state index contributed by atoms with van der Waals surface area (Å²) in [4.78, 5) is 11.8. The molecule has 7 rings (SSSR count). The van der Waals surface area contributed by atoms with Gasteiger partial charge >= 0.3 is 5.97 Å². The van der Waals surface area contributed by atoms with Crippen LogP contribution in [0.1, 0.15) is 78.6 Å². The van der Waals surface area contributed by atoms with E-state index < -0.39 is 6.10 Å². The van der Waals surface area contributed by atoms with Gasteiger partial charge < -0.3 is 28.8 Å². The minimum Gasteiger partial charge on any atom is -0.458 e. The average molecular weight is 515 g/mol. The van der Waals surface area contributed by atoms with Gasteiger partial charge in [0, 0.05) is 30.6 Å². The molecule has 0 amide bonds. The molecule has 37 heavy (non-hydrogen) atoms. The van der Waals surface area contributed by atoms with Crippen LogP contribution < -0.4 is 0 Å². The molecule has 3 aliphatic heterocycles. The summed E-state index contributed by atoms with van der Waals surface area (Å²) in [6, 6.07) is 0. The fourth-order valence-electron chi connectivity index (χ4n) is 10.00. The van der Waals surface area contributed by atoms with Gasteiger partial charge in [-0.15, -0.1) is 0 Å². The predicted octanol–water partition coefficient (Wildman–Crippen LogP) is 4.22. The highest BCUT2D eigenvalue weighted by Crippen LogP contribution is 2.80. The van der Waals surface area contributed by atoms with Crippen LogP contribution in [-0.2, 0) is 28.5 Å². The first-order valence-corrected chi connectivity index (χ1v) is 14.5. The lowest BCUT2D eigenvalue weighted by molar-refractivity contribution is -0.271. The largest absolute Gasteiger partial charge is 0.458 e. The van der Waals surface area contributed by atoms with E-state index in [1.54, 1.807) is 13.2 Å². The molecule has 3 heterocycles. The number of carbonyl (C=O) groups excluding carboxylic acids is 1. The van der Waals surface area contributed by atoms with E-state index in [1.807, 2.05) is 6.92 Å². The van der Waals surface area contributed by atoms with Crippen LogP contribution in [0.15, 0.2) is 23.3 Å². The van der Waals surface area contributed by atoms with E-state index in [4.69, 9.17) is 23.7 Å². The quantitative estimate of drug-likeness (QED) is 0.341. The molecule has 7 nitrogen and oxygen atoms in total. The lowest BCUT2D eigenvalue weighted by Crippen LogP contribution is -2.58. The number of hydrogen-bond donors (Lipinski definition) is 1. The number of aliphatic hydroxyl groups is 1. The van der Waals surface area contributed by atoms with Gasteiger partial charge in [0.15, 0.2) is 6.29 Å². The highest BCUT2D eigenvalue weighted by Gasteiger charge is 2.85. The van der Waals surface area contributed by atoms with Crippen molar-refractivity contribution in [2.45, 2.75) is 120 Å². The lowest BCUT2D eigenvalue weighted by Gasteiger charge is -2.58. The minimum absolute atomic E-state index is 0.0367. The second-order valence-electron chi connectivity index (χ2n) is 13.4. The van der Waals surface area contributed by atoms with Gasteiger partial charge in [-0.3, -0.25) is 0 Å². The van der Waals surface area contributed by atoms with Crippen molar-refractivity contribution >= 4 is 5.97 Å². The fraction of sp³-hybridized carbons (Fsp3) is 0.833. The Morgan fingerprint density at radius 3 is 2.70 bits per heavy atom. The maximum Gasteiger partial charge on any atom is 0.331 e. The van der Waals surface area contributed by atoms with Gasteiger partial charge in [-0.25, -0.2) is 4.79 Å². The number of esters is 1. The van der Waals surface area contributed by atoms with Crippen LogP contribution in [0.2, 0.25) is 0 Å². The zero-order valence-electron chi connectivity index (χ0n) is 22.7. The Labute approximate surface area is 219 Å². The van der Waals surface area contributed by atoms with E-state index >= 15 is 0 Å². The number of ether oxygens (including phenoxy) is 5. The summed E-state index contributed by atoms with van der Waals surface area (Å²) in [5, 5.41) is 10.3. The van der Waals surface area contributed by atoms with Crippen molar-refractivity contribution in [2.24, 2.45) is 22.7 Å². The van der Waals surface area contributed by atoms with Gasteiger partial charge in [0.2, 0.25) is 0 Å². The molecule has 3 saturated carbocycles. The number of cyclic esters (lactones) is 1. The molecule has 11 atom stereocenters. The summed E-state index contributed by atoms with van der Waals surface area (Å²) in [5.74, 6) is 0.971. The Morgan fingerprint density at radius 2 is 1.95 bits per heavy atom. The molecule has 2 saturated heterocycles. The topological polar surface area (TPSA) is 86.8 Å². The van der Waals surface area contributed by atoms with Crippen molar-refractivity contribution in [1.82, 2.24) is 0 Å². The van der Waals surface area contributed by atoms with Gasteiger partial charge in [0.25, 0.3) is 0 Å². The predicted molar refractivity (Wildman–Crippen MR) is 134 cm³/mol. The molecule has 0 aromatic heterocycles. The van der Waals surface area contributed by atoms with Crippen LogP contribution >= 0.6 is 0 Å². The van der Waals surface area contributed by atoms with E-state index in [0.717, 1.165) is 44.1 Å². The van der Waals surface area contributed by atoms with E-state index in [0.29, 0.717) is 24.9 Å². The molecule has 7 aliphatic rings. The molecule has 0 aromatic carbocycles. The zero-order chi connectivity index (χ0) is 25.8. The third-order valence-corrected chi connectivity index (χ3v) is 12.0. The molecular formula is C30H42O7. The maximum absolute atomic E-state index is 11.8. The summed E-state index contributed by atoms with van der Waals surface area (Å²) < 4.78 is 30.3. The Bertz CT molecular complexity index is 1050. The monoisotopic (exact) mass is 514 g/mol.